The molecule has 1 fully saturated rings. The molecule has 0 radical (unpaired) electrons. The lowest BCUT2D eigenvalue weighted by atomic mass is 10.1. The molecular weight excluding hydrogens is 392 g/mol. The maximum absolute atomic E-state index is 13.3. The van der Waals surface area contributed by atoms with Gasteiger partial charge in [-0.25, -0.2) is 9.48 Å². The van der Waals surface area contributed by atoms with Gasteiger partial charge in [0.1, 0.15) is 12.4 Å². The summed E-state index contributed by atoms with van der Waals surface area (Å²) in [6.45, 7) is 1.83. The maximum Gasteiger partial charge on any atom is 0.331 e. The predicted molar refractivity (Wildman–Crippen MR) is 110 cm³/mol. The molecule has 2 aliphatic heterocycles. The lowest BCUT2D eigenvalue weighted by Crippen LogP contribution is -2.55. The number of anilines is 1. The molecule has 1 aliphatic carbocycles. The van der Waals surface area contributed by atoms with Crippen LogP contribution in [0.1, 0.15) is 24.8 Å². The zero-order valence-corrected chi connectivity index (χ0v) is 16.6. The summed E-state index contributed by atoms with van der Waals surface area (Å²) >= 11 is 6.39. The number of carbonyl (C=O) groups excluding carboxylic acids is 2. The van der Waals surface area contributed by atoms with E-state index in [9.17, 15) is 9.59 Å². The Hall–Kier alpha value is -2.87. The third-order valence-electron chi connectivity index (χ3n) is 5.43. The molecule has 2 aromatic rings. The Bertz CT molecular complexity index is 1010. The zero-order valence-electron chi connectivity index (χ0n) is 15.8. The Morgan fingerprint density at radius 3 is 2.90 bits per heavy atom. The number of hydrogen-bond donors (Lipinski definition) is 1. The van der Waals surface area contributed by atoms with Crippen molar-refractivity contribution in [3.8, 4) is 5.69 Å². The summed E-state index contributed by atoms with van der Waals surface area (Å²) in [4.78, 5) is 33.6. The summed E-state index contributed by atoms with van der Waals surface area (Å²) in [7, 11) is 0. The van der Waals surface area contributed by atoms with Crippen molar-refractivity contribution in [3.05, 3.63) is 41.0 Å². The number of nitrogens with zero attached hydrogens (tertiary/aromatic N) is 5. The molecule has 3 amide bonds. The molecule has 9 heteroatoms. The van der Waals surface area contributed by atoms with Crippen LogP contribution >= 0.6 is 11.6 Å². The topological polar surface area (TPSA) is 82.8 Å². The highest BCUT2D eigenvalue weighted by Crippen LogP contribution is 2.34. The molecule has 0 saturated heterocycles. The number of halogens is 1. The first-order valence-corrected chi connectivity index (χ1v) is 10.2. The van der Waals surface area contributed by atoms with Gasteiger partial charge in [-0.1, -0.05) is 23.7 Å². The number of rotatable bonds is 5. The molecule has 1 N–H and O–H groups in total. The largest absolute Gasteiger partial charge is 0.354 e. The van der Waals surface area contributed by atoms with Crippen molar-refractivity contribution in [3.63, 3.8) is 0 Å². The van der Waals surface area contributed by atoms with E-state index in [-0.39, 0.29) is 18.5 Å². The molecule has 29 heavy (non-hydrogen) atoms. The van der Waals surface area contributed by atoms with E-state index in [2.05, 4.69) is 15.4 Å². The number of aromatic nitrogens is 2. The molecule has 0 spiro atoms. The van der Waals surface area contributed by atoms with E-state index in [1.54, 1.807) is 21.8 Å². The van der Waals surface area contributed by atoms with Crippen LogP contribution in [0.4, 0.5) is 10.6 Å². The van der Waals surface area contributed by atoms with Crippen LogP contribution in [0.15, 0.2) is 35.5 Å². The van der Waals surface area contributed by atoms with Gasteiger partial charge in [0.15, 0.2) is 5.82 Å². The minimum Gasteiger partial charge on any atom is -0.354 e. The summed E-state index contributed by atoms with van der Waals surface area (Å²) in [5.74, 6) is 1.53. The third-order valence-corrected chi connectivity index (χ3v) is 5.75. The van der Waals surface area contributed by atoms with Gasteiger partial charge in [0.25, 0.3) is 0 Å². The van der Waals surface area contributed by atoms with Crippen molar-refractivity contribution >= 4 is 35.2 Å². The first-order chi connectivity index (χ1) is 14.1. The number of amidine groups is 1. The monoisotopic (exact) mass is 412 g/mol. The van der Waals surface area contributed by atoms with E-state index in [0.717, 1.165) is 24.8 Å². The van der Waals surface area contributed by atoms with E-state index >= 15 is 0 Å². The van der Waals surface area contributed by atoms with Gasteiger partial charge in [0.05, 0.1) is 22.5 Å². The summed E-state index contributed by atoms with van der Waals surface area (Å²) in [5, 5.41) is 7.95. The highest BCUT2D eigenvalue weighted by Gasteiger charge is 2.40. The zero-order chi connectivity index (χ0) is 20.0. The van der Waals surface area contributed by atoms with Crippen LogP contribution in [0.25, 0.3) is 5.69 Å². The minimum absolute atomic E-state index is 0.0710. The van der Waals surface area contributed by atoms with Gasteiger partial charge in [-0.3, -0.25) is 19.6 Å². The number of hydrogen-bond acceptors (Lipinski definition) is 4. The van der Waals surface area contributed by atoms with Crippen LogP contribution in [0.2, 0.25) is 5.02 Å². The average Bonchev–Trinajstić information content (AvgIpc) is 3.47. The van der Waals surface area contributed by atoms with E-state index < -0.39 is 0 Å². The quantitative estimate of drug-likeness (QED) is 0.818. The number of benzene rings is 1. The normalized spacial score (nSPS) is 18.2. The fourth-order valence-electron chi connectivity index (χ4n) is 3.74. The molecular formula is C20H21ClN6O2. The van der Waals surface area contributed by atoms with Crippen LogP contribution < -0.4 is 10.2 Å². The van der Waals surface area contributed by atoms with E-state index in [1.165, 1.54) is 4.90 Å². The van der Waals surface area contributed by atoms with Crippen molar-refractivity contribution in [1.29, 1.82) is 0 Å². The van der Waals surface area contributed by atoms with Gasteiger partial charge in [-0.2, -0.15) is 5.10 Å². The molecule has 0 bridgehead atoms. The smallest absolute Gasteiger partial charge is 0.331 e. The maximum atomic E-state index is 13.3. The van der Waals surface area contributed by atoms with Crippen molar-refractivity contribution in [2.45, 2.75) is 19.3 Å². The average molecular weight is 413 g/mol. The first kappa shape index (κ1) is 18.2. The fourth-order valence-corrected chi connectivity index (χ4v) is 3.96. The summed E-state index contributed by atoms with van der Waals surface area (Å²) < 4.78 is 1.62. The SMILES string of the molecule is O=C(CN1C(=O)N2CCCN=C2c2cnn(-c3ccccc3Cl)c21)NCC1CC1. The predicted octanol–water partition coefficient (Wildman–Crippen LogP) is 2.44. The first-order valence-electron chi connectivity index (χ1n) is 9.87. The lowest BCUT2D eigenvalue weighted by molar-refractivity contribution is -0.119. The number of fused-ring (bicyclic) bond motifs is 3. The molecule has 8 nitrogen and oxygen atoms in total. The minimum atomic E-state index is -0.258. The molecule has 5 rings (SSSR count). The molecule has 1 saturated carbocycles. The van der Waals surface area contributed by atoms with Crippen LogP contribution in [0.3, 0.4) is 0 Å². The molecule has 1 aromatic carbocycles. The number of para-hydroxylation sites is 1. The Morgan fingerprint density at radius 2 is 2.10 bits per heavy atom. The van der Waals surface area contributed by atoms with Crippen molar-refractivity contribution in [2.75, 3.05) is 31.1 Å². The van der Waals surface area contributed by atoms with Gasteiger partial charge in [0, 0.05) is 19.6 Å². The highest BCUT2D eigenvalue weighted by molar-refractivity contribution is 6.32. The second-order valence-corrected chi connectivity index (χ2v) is 7.98. The molecule has 0 atom stereocenters. The Morgan fingerprint density at radius 1 is 1.28 bits per heavy atom. The number of aliphatic imine (C=N–C) groups is 1. The Balaban J connectivity index is 1.56. The van der Waals surface area contributed by atoms with Crippen LogP contribution in [0, 0.1) is 5.92 Å². The van der Waals surface area contributed by atoms with E-state index in [0.29, 0.717) is 47.9 Å². The van der Waals surface area contributed by atoms with Gasteiger partial charge < -0.3 is 5.32 Å². The number of amides is 3. The summed E-state index contributed by atoms with van der Waals surface area (Å²) in [6, 6.07) is 7.04. The lowest BCUT2D eigenvalue weighted by Gasteiger charge is -2.37. The fraction of sp³-hybridized carbons (Fsp3) is 0.400. The van der Waals surface area contributed by atoms with E-state index in [1.807, 2.05) is 18.2 Å². The van der Waals surface area contributed by atoms with Crippen molar-refractivity contribution in [1.82, 2.24) is 20.0 Å². The van der Waals surface area contributed by atoms with Gasteiger partial charge in [0.2, 0.25) is 5.91 Å². The van der Waals surface area contributed by atoms with Crippen LogP contribution in [0.5, 0.6) is 0 Å². The summed E-state index contributed by atoms with van der Waals surface area (Å²) in [6.07, 6.45) is 4.79. The molecule has 3 aliphatic rings. The second-order valence-electron chi connectivity index (χ2n) is 7.57. The number of urea groups is 1. The van der Waals surface area contributed by atoms with Crippen LogP contribution in [-0.4, -0.2) is 58.6 Å². The van der Waals surface area contributed by atoms with Gasteiger partial charge >= 0.3 is 6.03 Å². The number of nitrogens with one attached hydrogen (secondary N) is 1. The van der Waals surface area contributed by atoms with E-state index in [4.69, 9.17) is 11.6 Å². The second kappa shape index (κ2) is 7.18. The Labute approximate surface area is 173 Å². The van der Waals surface area contributed by atoms with Crippen molar-refractivity contribution in [2.24, 2.45) is 10.9 Å². The van der Waals surface area contributed by atoms with Gasteiger partial charge in [-0.15, -0.1) is 0 Å². The summed E-state index contributed by atoms with van der Waals surface area (Å²) in [5.41, 5.74) is 1.38. The molecule has 1 aromatic heterocycles. The van der Waals surface area contributed by atoms with Crippen molar-refractivity contribution < 1.29 is 9.59 Å². The highest BCUT2D eigenvalue weighted by atomic mass is 35.5. The molecule has 3 heterocycles. The molecule has 150 valence electrons. The molecule has 0 unspecified atom stereocenters. The van der Waals surface area contributed by atoms with Crippen LogP contribution in [-0.2, 0) is 4.79 Å². The standard InChI is InChI=1S/C20H21ClN6O2/c21-15-4-1-2-5-16(15)27-19-14(11-24-27)18-22-8-3-9-25(18)20(29)26(19)12-17(28)23-10-13-6-7-13/h1-2,4-5,11,13H,3,6-10,12H2,(H,23,28). The third kappa shape index (κ3) is 3.27. The van der Waals surface area contributed by atoms with Gasteiger partial charge in [-0.05, 0) is 37.3 Å². The Kier molecular flexibility index (Phi) is 4.50. The number of carbonyl (C=O) groups is 2.